The van der Waals surface area contributed by atoms with E-state index in [0.29, 0.717) is 23.9 Å². The third kappa shape index (κ3) is 5.15. The van der Waals surface area contributed by atoms with E-state index in [-0.39, 0.29) is 12.0 Å². The number of fused-ring (bicyclic) bond motifs is 1. The van der Waals surface area contributed by atoms with Crippen molar-refractivity contribution in [2.75, 3.05) is 18.4 Å². The number of hydrogen-bond acceptors (Lipinski definition) is 5. The average molecular weight is 478 g/mol. The Kier molecular flexibility index (Phi) is 7.23. The predicted octanol–water partition coefficient (Wildman–Crippen LogP) is 5.10. The van der Waals surface area contributed by atoms with Crippen molar-refractivity contribution in [1.82, 2.24) is 19.4 Å². The standard InChI is InChI=1S/C28H39N5O2/c1-3-6-19(2)30-28-29-17-24-25(18-33(26(24)31-28)22-9-11-23(34)12-10-22)20-13-15-32(16-14-20)27(35)21-7-4-5-8-21/h4,7-8,17-20,22-23,34H,3,5-6,9-16H2,1-2H3,(H,29,30,31)/t19-,22?,23?/m0/s1. The van der Waals surface area contributed by atoms with E-state index >= 15 is 0 Å². The lowest BCUT2D eigenvalue weighted by Crippen LogP contribution is -2.38. The summed E-state index contributed by atoms with van der Waals surface area (Å²) in [6.07, 6.45) is 18.8. The molecule has 2 aromatic rings. The molecule has 5 rings (SSSR count). The van der Waals surface area contributed by atoms with Gasteiger partial charge in [-0.2, -0.15) is 4.98 Å². The molecule has 1 aliphatic heterocycles. The molecule has 0 spiro atoms. The molecule has 1 amide bonds. The van der Waals surface area contributed by atoms with Crippen LogP contribution in [0.15, 0.2) is 36.2 Å². The Balaban J connectivity index is 1.39. The van der Waals surface area contributed by atoms with Gasteiger partial charge >= 0.3 is 0 Å². The zero-order valence-corrected chi connectivity index (χ0v) is 21.1. The van der Waals surface area contributed by atoms with E-state index in [4.69, 9.17) is 9.97 Å². The molecule has 2 aromatic heterocycles. The first-order valence-corrected chi connectivity index (χ1v) is 13.5. The summed E-state index contributed by atoms with van der Waals surface area (Å²) in [7, 11) is 0. The number of likely N-dealkylation sites (tertiary alicyclic amines) is 1. The van der Waals surface area contributed by atoms with Crippen LogP contribution in [-0.2, 0) is 4.79 Å². The van der Waals surface area contributed by atoms with Gasteiger partial charge in [-0.3, -0.25) is 4.79 Å². The third-order valence-corrected chi connectivity index (χ3v) is 8.00. The van der Waals surface area contributed by atoms with E-state index < -0.39 is 0 Å². The molecular formula is C28H39N5O2. The van der Waals surface area contributed by atoms with Gasteiger partial charge in [-0.15, -0.1) is 0 Å². The van der Waals surface area contributed by atoms with Gasteiger partial charge in [-0.25, -0.2) is 4.98 Å². The summed E-state index contributed by atoms with van der Waals surface area (Å²) < 4.78 is 2.36. The molecule has 3 aliphatic rings. The van der Waals surface area contributed by atoms with Gasteiger partial charge in [0.25, 0.3) is 5.91 Å². The van der Waals surface area contributed by atoms with Crippen LogP contribution in [0.4, 0.5) is 5.95 Å². The molecule has 188 valence electrons. The Hall–Kier alpha value is -2.67. The fourth-order valence-electron chi connectivity index (χ4n) is 5.98. The molecule has 7 heteroatoms. The van der Waals surface area contributed by atoms with E-state index in [1.54, 1.807) is 0 Å². The number of nitrogens with zero attached hydrogens (tertiary/aromatic N) is 4. The summed E-state index contributed by atoms with van der Waals surface area (Å²) in [6, 6.07) is 0.685. The van der Waals surface area contributed by atoms with Gasteiger partial charge in [0.15, 0.2) is 0 Å². The van der Waals surface area contributed by atoms with Crippen molar-refractivity contribution in [2.45, 2.75) is 95.7 Å². The first-order chi connectivity index (χ1) is 17.0. The van der Waals surface area contributed by atoms with Gasteiger partial charge in [0.05, 0.1) is 6.10 Å². The van der Waals surface area contributed by atoms with Crippen LogP contribution in [0.3, 0.4) is 0 Å². The number of rotatable bonds is 7. The van der Waals surface area contributed by atoms with Gasteiger partial charge in [-0.05, 0) is 69.8 Å². The fraction of sp³-hybridized carbons (Fsp3) is 0.607. The van der Waals surface area contributed by atoms with Crippen molar-refractivity contribution in [1.29, 1.82) is 0 Å². The molecule has 0 unspecified atom stereocenters. The van der Waals surface area contributed by atoms with Gasteiger partial charge < -0.3 is 19.9 Å². The van der Waals surface area contributed by atoms with Crippen LogP contribution >= 0.6 is 0 Å². The predicted molar refractivity (Wildman–Crippen MR) is 139 cm³/mol. The third-order valence-electron chi connectivity index (χ3n) is 8.00. The smallest absolute Gasteiger partial charge is 0.253 e. The second-order valence-electron chi connectivity index (χ2n) is 10.6. The van der Waals surface area contributed by atoms with Crippen molar-refractivity contribution >= 4 is 22.9 Å². The Labute approximate surface area is 208 Å². The number of aliphatic hydroxyl groups excluding tert-OH is 1. The van der Waals surface area contributed by atoms with Crippen LogP contribution in [0.25, 0.3) is 11.0 Å². The summed E-state index contributed by atoms with van der Waals surface area (Å²) in [5.74, 6) is 1.26. The molecule has 1 atom stereocenters. The lowest BCUT2D eigenvalue weighted by atomic mass is 9.89. The number of amides is 1. The highest BCUT2D eigenvalue weighted by molar-refractivity contribution is 5.96. The lowest BCUT2D eigenvalue weighted by molar-refractivity contribution is -0.127. The van der Waals surface area contributed by atoms with E-state index in [1.807, 2.05) is 29.3 Å². The maximum absolute atomic E-state index is 12.8. The molecule has 0 aromatic carbocycles. The van der Waals surface area contributed by atoms with Gasteiger partial charge in [0.2, 0.25) is 5.95 Å². The number of allylic oxidation sites excluding steroid dienone is 2. The monoisotopic (exact) mass is 477 g/mol. The van der Waals surface area contributed by atoms with Crippen molar-refractivity contribution in [2.24, 2.45) is 0 Å². The summed E-state index contributed by atoms with van der Waals surface area (Å²) in [4.78, 5) is 24.5. The summed E-state index contributed by atoms with van der Waals surface area (Å²) in [6.45, 7) is 5.94. The maximum Gasteiger partial charge on any atom is 0.253 e. The second-order valence-corrected chi connectivity index (χ2v) is 10.6. The molecule has 2 aliphatic carbocycles. The largest absolute Gasteiger partial charge is 0.393 e. The number of piperidine rings is 1. The van der Waals surface area contributed by atoms with E-state index in [9.17, 15) is 9.90 Å². The molecule has 0 bridgehead atoms. The number of hydrogen-bond donors (Lipinski definition) is 2. The molecule has 1 saturated carbocycles. The van der Waals surface area contributed by atoms with Crippen LogP contribution in [0, 0.1) is 0 Å². The summed E-state index contributed by atoms with van der Waals surface area (Å²) in [5.41, 5.74) is 3.15. The van der Waals surface area contributed by atoms with E-state index in [0.717, 1.165) is 87.5 Å². The zero-order valence-electron chi connectivity index (χ0n) is 21.1. The first kappa shape index (κ1) is 24.0. The number of aromatic nitrogens is 3. The summed E-state index contributed by atoms with van der Waals surface area (Å²) in [5, 5.41) is 14.7. The Morgan fingerprint density at radius 1 is 1.20 bits per heavy atom. The quantitative estimate of drug-likeness (QED) is 0.580. The first-order valence-electron chi connectivity index (χ1n) is 13.5. The number of aliphatic hydroxyl groups is 1. The number of carbonyl (C=O) groups is 1. The van der Waals surface area contributed by atoms with E-state index in [2.05, 4.69) is 29.9 Å². The van der Waals surface area contributed by atoms with Crippen molar-refractivity contribution in [3.05, 3.63) is 41.8 Å². The highest BCUT2D eigenvalue weighted by Crippen LogP contribution is 2.38. The summed E-state index contributed by atoms with van der Waals surface area (Å²) >= 11 is 0. The van der Waals surface area contributed by atoms with Crippen molar-refractivity contribution in [3.8, 4) is 0 Å². The average Bonchev–Trinajstić information content (AvgIpc) is 3.53. The fourth-order valence-corrected chi connectivity index (χ4v) is 5.98. The molecule has 7 nitrogen and oxygen atoms in total. The van der Waals surface area contributed by atoms with Gasteiger partial charge in [-0.1, -0.05) is 31.6 Å². The Bertz CT molecular complexity index is 1100. The minimum Gasteiger partial charge on any atom is -0.393 e. The minimum atomic E-state index is -0.180. The van der Waals surface area contributed by atoms with E-state index in [1.165, 1.54) is 5.56 Å². The molecule has 3 heterocycles. The molecular weight excluding hydrogens is 438 g/mol. The lowest BCUT2D eigenvalue weighted by Gasteiger charge is -2.32. The number of anilines is 1. The number of nitrogens with one attached hydrogen (secondary N) is 1. The van der Waals surface area contributed by atoms with Crippen molar-refractivity contribution in [3.63, 3.8) is 0 Å². The Morgan fingerprint density at radius 3 is 2.66 bits per heavy atom. The number of carbonyl (C=O) groups excluding carboxylic acids is 1. The molecule has 2 fully saturated rings. The van der Waals surface area contributed by atoms with Crippen LogP contribution in [0.2, 0.25) is 0 Å². The maximum atomic E-state index is 12.8. The molecule has 1 saturated heterocycles. The highest BCUT2D eigenvalue weighted by atomic mass is 16.3. The highest BCUT2D eigenvalue weighted by Gasteiger charge is 2.30. The second kappa shape index (κ2) is 10.5. The molecule has 35 heavy (non-hydrogen) atoms. The molecule has 0 radical (unpaired) electrons. The van der Waals surface area contributed by atoms with Gasteiger partial charge in [0.1, 0.15) is 5.65 Å². The van der Waals surface area contributed by atoms with Crippen LogP contribution in [0.5, 0.6) is 0 Å². The van der Waals surface area contributed by atoms with Gasteiger partial charge in [0, 0.05) is 48.5 Å². The van der Waals surface area contributed by atoms with Crippen LogP contribution < -0.4 is 5.32 Å². The SMILES string of the molecule is CCC[C@H](C)Nc1ncc2c(C3CCN(C(=O)C4=CCC=C4)CC3)cn(C3CCC(O)CC3)c2n1. The normalized spacial score (nSPS) is 24.1. The van der Waals surface area contributed by atoms with Crippen LogP contribution in [-0.4, -0.2) is 55.7 Å². The molecule has 2 N–H and O–H groups in total. The van der Waals surface area contributed by atoms with Crippen molar-refractivity contribution < 1.29 is 9.90 Å². The topological polar surface area (TPSA) is 83.3 Å². The zero-order chi connectivity index (χ0) is 24.4. The van der Waals surface area contributed by atoms with Crippen LogP contribution in [0.1, 0.15) is 89.2 Å². The minimum absolute atomic E-state index is 0.167. The Morgan fingerprint density at radius 2 is 1.97 bits per heavy atom.